The normalized spacial score (nSPS) is 9.53. The van der Waals surface area contributed by atoms with Crippen LogP contribution in [0.3, 0.4) is 0 Å². The van der Waals surface area contributed by atoms with Crippen LogP contribution in [0.2, 0.25) is 0 Å². The molecule has 0 saturated carbocycles. The zero-order valence-electron chi connectivity index (χ0n) is 10.2. The molecule has 1 aromatic heterocycles. The molecule has 1 aromatic carbocycles. The molecule has 19 heavy (non-hydrogen) atoms. The highest BCUT2D eigenvalue weighted by Gasteiger charge is 2.08. The summed E-state index contributed by atoms with van der Waals surface area (Å²) < 4.78 is 0. The minimum atomic E-state index is -0.133. The van der Waals surface area contributed by atoms with E-state index in [1.54, 1.807) is 6.07 Å². The summed E-state index contributed by atoms with van der Waals surface area (Å²) in [6.07, 6.45) is 0.424. The Bertz CT molecular complexity index is 609. The molecule has 2 rings (SSSR count). The molecule has 2 N–H and O–H groups in total. The molecule has 0 aliphatic heterocycles. The van der Waals surface area contributed by atoms with Gasteiger partial charge in [0.25, 0.3) is 5.91 Å². The average Bonchev–Trinajstić information content (AvgIpc) is 2.95. The number of hydrogen-bond donors (Lipinski definition) is 2. The third-order valence-corrected chi connectivity index (χ3v) is 3.25. The largest absolute Gasteiger partial charge is 0.395 e. The van der Waals surface area contributed by atoms with Gasteiger partial charge in [-0.2, -0.15) is 0 Å². The van der Waals surface area contributed by atoms with E-state index in [1.165, 1.54) is 11.3 Å². The van der Waals surface area contributed by atoms with Crippen LogP contribution in [-0.4, -0.2) is 17.6 Å². The van der Waals surface area contributed by atoms with Crippen LogP contribution in [0.5, 0.6) is 0 Å². The number of anilines is 1. The van der Waals surface area contributed by atoms with Crippen molar-refractivity contribution in [3.8, 4) is 11.8 Å². The molecular weight excluding hydrogens is 258 g/mol. The minimum absolute atomic E-state index is 0.0384. The number of rotatable bonds is 3. The predicted molar refractivity (Wildman–Crippen MR) is 77.3 cm³/mol. The third kappa shape index (κ3) is 3.68. The molecule has 0 atom stereocenters. The molecule has 3 nitrogen and oxygen atoms in total. The lowest BCUT2D eigenvalue weighted by Crippen LogP contribution is -2.11. The van der Waals surface area contributed by atoms with Crippen molar-refractivity contribution in [3.63, 3.8) is 0 Å². The Hall–Kier alpha value is -2.09. The van der Waals surface area contributed by atoms with Gasteiger partial charge in [-0.15, -0.1) is 11.3 Å². The summed E-state index contributed by atoms with van der Waals surface area (Å²) in [5.41, 5.74) is 1.44. The fourth-order valence-electron chi connectivity index (χ4n) is 1.51. The van der Waals surface area contributed by atoms with E-state index in [0.29, 0.717) is 17.0 Å². The van der Waals surface area contributed by atoms with Crippen molar-refractivity contribution in [2.24, 2.45) is 0 Å². The number of thiophene rings is 1. The van der Waals surface area contributed by atoms with Crippen molar-refractivity contribution in [1.29, 1.82) is 0 Å². The molecule has 96 valence electrons. The number of carbonyl (C=O) groups excluding carboxylic acids is 1. The minimum Gasteiger partial charge on any atom is -0.395 e. The van der Waals surface area contributed by atoms with Crippen LogP contribution in [0.4, 0.5) is 5.69 Å². The molecule has 0 fully saturated rings. The van der Waals surface area contributed by atoms with Crippen molar-refractivity contribution in [2.75, 3.05) is 11.9 Å². The lowest BCUT2D eigenvalue weighted by molar-refractivity contribution is 0.103. The first-order valence-corrected chi connectivity index (χ1v) is 6.73. The number of amides is 1. The number of para-hydroxylation sites is 1. The second-order valence-corrected chi connectivity index (χ2v) is 4.70. The Labute approximate surface area is 115 Å². The van der Waals surface area contributed by atoms with E-state index < -0.39 is 0 Å². The monoisotopic (exact) mass is 271 g/mol. The van der Waals surface area contributed by atoms with Gasteiger partial charge in [-0.1, -0.05) is 30.0 Å². The van der Waals surface area contributed by atoms with Crippen LogP contribution in [0, 0.1) is 11.8 Å². The standard InChI is InChI=1S/C15H13NO2S/c17-10-4-3-7-12-6-1-2-8-13(12)16-15(18)14-9-5-11-19-14/h1-2,5-6,8-9,11,17H,4,10H2,(H,16,18). The van der Waals surface area contributed by atoms with Gasteiger partial charge < -0.3 is 10.4 Å². The van der Waals surface area contributed by atoms with E-state index in [2.05, 4.69) is 17.2 Å². The molecular formula is C15H13NO2S. The molecule has 0 aliphatic carbocycles. The third-order valence-electron chi connectivity index (χ3n) is 2.38. The van der Waals surface area contributed by atoms with Gasteiger partial charge in [0.1, 0.15) is 0 Å². The van der Waals surface area contributed by atoms with Crippen molar-refractivity contribution in [1.82, 2.24) is 0 Å². The Morgan fingerprint density at radius 3 is 2.84 bits per heavy atom. The SMILES string of the molecule is O=C(Nc1ccccc1C#CCCO)c1cccs1. The van der Waals surface area contributed by atoms with Crippen LogP contribution in [0.15, 0.2) is 41.8 Å². The number of aliphatic hydroxyl groups excluding tert-OH is 1. The Kier molecular flexibility index (Phi) is 4.73. The van der Waals surface area contributed by atoms with Gasteiger partial charge in [0.2, 0.25) is 0 Å². The van der Waals surface area contributed by atoms with E-state index in [4.69, 9.17) is 5.11 Å². The Morgan fingerprint density at radius 1 is 1.26 bits per heavy atom. The lowest BCUT2D eigenvalue weighted by atomic mass is 10.1. The number of nitrogens with one attached hydrogen (secondary N) is 1. The van der Waals surface area contributed by atoms with Gasteiger partial charge in [0, 0.05) is 12.0 Å². The van der Waals surface area contributed by atoms with Crippen molar-refractivity contribution < 1.29 is 9.90 Å². The second-order valence-electron chi connectivity index (χ2n) is 3.75. The molecule has 0 bridgehead atoms. The van der Waals surface area contributed by atoms with Crippen molar-refractivity contribution >= 4 is 22.9 Å². The van der Waals surface area contributed by atoms with Crippen molar-refractivity contribution in [3.05, 3.63) is 52.2 Å². The topological polar surface area (TPSA) is 49.3 Å². The summed E-state index contributed by atoms with van der Waals surface area (Å²) in [7, 11) is 0. The van der Waals surface area contributed by atoms with E-state index in [1.807, 2.05) is 35.7 Å². The maximum absolute atomic E-state index is 12.0. The second kappa shape index (κ2) is 6.74. The van der Waals surface area contributed by atoms with E-state index in [0.717, 1.165) is 5.56 Å². The molecule has 0 unspecified atom stereocenters. The predicted octanol–water partition coefficient (Wildman–Crippen LogP) is 2.73. The highest BCUT2D eigenvalue weighted by Crippen LogP contribution is 2.17. The summed E-state index contributed by atoms with van der Waals surface area (Å²) in [4.78, 5) is 12.6. The maximum atomic E-state index is 12.0. The van der Waals surface area contributed by atoms with Crippen LogP contribution in [-0.2, 0) is 0 Å². The van der Waals surface area contributed by atoms with Gasteiger partial charge in [-0.25, -0.2) is 0 Å². The van der Waals surface area contributed by atoms with Gasteiger partial charge in [0.05, 0.1) is 17.2 Å². The van der Waals surface area contributed by atoms with Gasteiger partial charge in [0.15, 0.2) is 0 Å². The number of hydrogen-bond acceptors (Lipinski definition) is 3. The Morgan fingerprint density at radius 2 is 2.11 bits per heavy atom. The van der Waals surface area contributed by atoms with Crippen LogP contribution in [0.25, 0.3) is 0 Å². The fourth-order valence-corrected chi connectivity index (χ4v) is 2.13. The fraction of sp³-hybridized carbons (Fsp3) is 0.133. The summed E-state index contributed by atoms with van der Waals surface area (Å²) in [5, 5.41) is 13.4. The highest BCUT2D eigenvalue weighted by molar-refractivity contribution is 7.12. The molecule has 1 amide bonds. The van der Waals surface area contributed by atoms with Gasteiger partial charge >= 0.3 is 0 Å². The van der Waals surface area contributed by atoms with E-state index in [9.17, 15) is 4.79 Å². The number of carbonyl (C=O) groups is 1. The smallest absolute Gasteiger partial charge is 0.265 e. The van der Waals surface area contributed by atoms with Crippen LogP contribution >= 0.6 is 11.3 Å². The number of aliphatic hydroxyl groups is 1. The summed E-state index contributed by atoms with van der Waals surface area (Å²) >= 11 is 1.40. The summed E-state index contributed by atoms with van der Waals surface area (Å²) in [6, 6.07) is 11.0. The maximum Gasteiger partial charge on any atom is 0.265 e. The highest BCUT2D eigenvalue weighted by atomic mass is 32.1. The van der Waals surface area contributed by atoms with Crippen molar-refractivity contribution in [2.45, 2.75) is 6.42 Å². The molecule has 2 aromatic rings. The molecule has 4 heteroatoms. The van der Waals surface area contributed by atoms with Crippen LogP contribution in [0.1, 0.15) is 21.7 Å². The number of benzene rings is 1. The summed E-state index contributed by atoms with van der Waals surface area (Å²) in [5.74, 6) is 5.66. The molecule has 0 saturated heterocycles. The lowest BCUT2D eigenvalue weighted by Gasteiger charge is -2.05. The zero-order chi connectivity index (χ0) is 13.5. The first-order chi connectivity index (χ1) is 9.31. The van der Waals surface area contributed by atoms with E-state index >= 15 is 0 Å². The first-order valence-electron chi connectivity index (χ1n) is 5.85. The van der Waals surface area contributed by atoms with Gasteiger partial charge in [-0.3, -0.25) is 4.79 Å². The molecule has 0 aliphatic rings. The van der Waals surface area contributed by atoms with E-state index in [-0.39, 0.29) is 12.5 Å². The molecule has 1 heterocycles. The van der Waals surface area contributed by atoms with Crippen LogP contribution < -0.4 is 5.32 Å². The molecule has 0 radical (unpaired) electrons. The quantitative estimate of drug-likeness (QED) is 0.843. The zero-order valence-corrected chi connectivity index (χ0v) is 11.0. The molecule has 0 spiro atoms. The van der Waals surface area contributed by atoms with Gasteiger partial charge in [-0.05, 0) is 23.6 Å². The summed E-state index contributed by atoms with van der Waals surface area (Å²) in [6.45, 7) is 0.0384. The first kappa shape index (κ1) is 13.3. The Balaban J connectivity index is 2.17. The average molecular weight is 271 g/mol.